The van der Waals surface area contributed by atoms with Crippen LogP contribution in [0.5, 0.6) is 0 Å². The number of alkyl halides is 3. The summed E-state index contributed by atoms with van der Waals surface area (Å²) in [6.45, 7) is 12.7. The third-order valence-corrected chi connectivity index (χ3v) is 8.80. The van der Waals surface area contributed by atoms with Crippen LogP contribution in [-0.2, 0) is 27.0 Å². The van der Waals surface area contributed by atoms with Gasteiger partial charge >= 0.3 is 6.18 Å². The van der Waals surface area contributed by atoms with Crippen LogP contribution in [0.3, 0.4) is 0 Å². The number of benzene rings is 1. The van der Waals surface area contributed by atoms with Gasteiger partial charge in [0.1, 0.15) is 16.9 Å². The fourth-order valence-electron chi connectivity index (χ4n) is 5.96. The molecule has 12 nitrogen and oxygen atoms in total. The van der Waals surface area contributed by atoms with Gasteiger partial charge in [-0.05, 0) is 62.2 Å². The first kappa shape index (κ1) is 38.6. The van der Waals surface area contributed by atoms with Gasteiger partial charge in [-0.25, -0.2) is 19.3 Å². The normalized spacial score (nSPS) is 13.9. The van der Waals surface area contributed by atoms with E-state index in [9.17, 15) is 22.8 Å². The Morgan fingerprint density at radius 2 is 1.69 bits per heavy atom. The molecule has 1 aliphatic heterocycles. The molecule has 52 heavy (non-hydrogen) atoms. The van der Waals surface area contributed by atoms with E-state index < -0.39 is 17.4 Å². The number of nitrogens with one attached hydrogen (secondary N) is 1. The number of pyridine rings is 1. The van der Waals surface area contributed by atoms with Crippen molar-refractivity contribution in [2.75, 3.05) is 69.4 Å². The van der Waals surface area contributed by atoms with E-state index in [-0.39, 0.29) is 35.1 Å². The molecule has 1 N–H and O–H groups in total. The largest absolute Gasteiger partial charge is 0.433 e. The van der Waals surface area contributed by atoms with Crippen LogP contribution in [0, 0.1) is 0 Å². The fourth-order valence-corrected chi connectivity index (χ4v) is 5.96. The second-order valence-corrected chi connectivity index (χ2v) is 12.6. The van der Waals surface area contributed by atoms with Gasteiger partial charge in [0, 0.05) is 63.2 Å². The first-order valence-corrected chi connectivity index (χ1v) is 17.8. The summed E-state index contributed by atoms with van der Waals surface area (Å²) in [6, 6.07) is 11.3. The average molecular weight is 725 g/mol. The molecule has 0 bridgehead atoms. The van der Waals surface area contributed by atoms with Gasteiger partial charge in [-0.1, -0.05) is 25.5 Å². The summed E-state index contributed by atoms with van der Waals surface area (Å²) in [7, 11) is 0. The SMILES string of the molecule is C=CCn1c(=O)c2cnc(Nc3ccc(N4CCN(CCCCC(=O)CCOCCOCCCC)CC4)cc3)nc2n1-c1cccc(C(F)(F)F)n1. The van der Waals surface area contributed by atoms with Crippen LogP contribution in [0.25, 0.3) is 16.9 Å². The highest BCUT2D eigenvalue weighted by Crippen LogP contribution is 2.29. The molecular weight excluding hydrogens is 677 g/mol. The number of hydrogen-bond donors (Lipinski definition) is 1. The number of halogens is 3. The van der Waals surface area contributed by atoms with Gasteiger partial charge in [-0.15, -0.1) is 6.58 Å². The van der Waals surface area contributed by atoms with Gasteiger partial charge in [-0.2, -0.15) is 18.2 Å². The van der Waals surface area contributed by atoms with Gasteiger partial charge in [0.25, 0.3) is 5.56 Å². The predicted octanol–water partition coefficient (Wildman–Crippen LogP) is 6.01. The van der Waals surface area contributed by atoms with E-state index in [1.807, 2.05) is 24.3 Å². The number of ketones is 1. The van der Waals surface area contributed by atoms with Crippen molar-refractivity contribution in [3.8, 4) is 5.82 Å². The third kappa shape index (κ3) is 10.5. The molecule has 5 rings (SSSR count). The molecule has 4 aromatic rings. The Morgan fingerprint density at radius 3 is 2.40 bits per heavy atom. The second kappa shape index (κ2) is 18.8. The summed E-state index contributed by atoms with van der Waals surface area (Å²) in [5.41, 5.74) is 0.334. The zero-order valence-corrected chi connectivity index (χ0v) is 29.6. The number of Topliss-reactive ketones (excluding diaryl/α,β-unsaturated/α-hetero) is 1. The minimum absolute atomic E-state index is 0.0270. The summed E-state index contributed by atoms with van der Waals surface area (Å²) in [6.07, 6.45) is 3.24. The van der Waals surface area contributed by atoms with Gasteiger partial charge in [0.15, 0.2) is 11.5 Å². The third-order valence-electron chi connectivity index (χ3n) is 8.80. The number of ether oxygens (including phenoxy) is 2. The van der Waals surface area contributed by atoms with Crippen LogP contribution >= 0.6 is 0 Å². The van der Waals surface area contributed by atoms with E-state index in [0.717, 1.165) is 76.8 Å². The van der Waals surface area contributed by atoms with Crippen LogP contribution in [-0.4, -0.2) is 94.2 Å². The Hall–Kier alpha value is -4.60. The van der Waals surface area contributed by atoms with Crippen LogP contribution in [0.15, 0.2) is 66.1 Å². The molecule has 0 unspecified atom stereocenters. The number of piperazine rings is 1. The van der Waals surface area contributed by atoms with Gasteiger partial charge in [-0.3, -0.25) is 14.5 Å². The smallest absolute Gasteiger partial charge is 0.379 e. The highest BCUT2D eigenvalue weighted by atomic mass is 19.4. The van der Waals surface area contributed by atoms with Crippen molar-refractivity contribution in [2.45, 2.75) is 58.2 Å². The van der Waals surface area contributed by atoms with Crippen molar-refractivity contribution in [2.24, 2.45) is 0 Å². The number of anilines is 3. The molecule has 3 aromatic heterocycles. The van der Waals surface area contributed by atoms with Crippen molar-refractivity contribution < 1.29 is 27.4 Å². The lowest BCUT2D eigenvalue weighted by Crippen LogP contribution is -2.46. The lowest BCUT2D eigenvalue weighted by molar-refractivity contribution is -0.141. The Labute approximate surface area is 301 Å². The van der Waals surface area contributed by atoms with Gasteiger partial charge in [0.2, 0.25) is 5.95 Å². The van der Waals surface area contributed by atoms with Crippen molar-refractivity contribution in [1.82, 2.24) is 29.2 Å². The van der Waals surface area contributed by atoms with Gasteiger partial charge in [0.05, 0.1) is 26.4 Å². The number of unbranched alkanes of at least 4 members (excludes halogenated alkanes) is 2. The zero-order valence-electron chi connectivity index (χ0n) is 29.6. The van der Waals surface area contributed by atoms with Crippen LogP contribution < -0.4 is 15.8 Å². The standard InChI is InChI=1S/C37H47F3N8O4/c1-3-5-23-51-25-26-52-24-16-30(49)9-6-7-18-45-19-21-46(22-20-45)29-14-12-28(13-15-29)42-36-41-27-31-34(44-36)48(47(17-4-2)35(31)50)33-11-8-10-32(43-33)37(38,39)40/h4,8,10-15,27H,2-3,5-7,9,16-26H2,1H3,(H,41,42,44). The van der Waals surface area contributed by atoms with Crippen LogP contribution in [0.2, 0.25) is 0 Å². The van der Waals surface area contributed by atoms with Crippen molar-refractivity contribution >= 4 is 34.1 Å². The summed E-state index contributed by atoms with van der Waals surface area (Å²) in [4.78, 5) is 42.7. The molecule has 0 saturated carbocycles. The zero-order chi connectivity index (χ0) is 36.9. The van der Waals surface area contributed by atoms with E-state index in [1.54, 1.807) is 0 Å². The molecule has 280 valence electrons. The van der Waals surface area contributed by atoms with Crippen molar-refractivity contribution in [1.29, 1.82) is 0 Å². The number of carbonyl (C=O) groups is 1. The Kier molecular flexibility index (Phi) is 13.9. The van der Waals surface area contributed by atoms with Crippen LogP contribution in [0.1, 0.15) is 51.1 Å². The van der Waals surface area contributed by atoms with Crippen LogP contribution in [0.4, 0.5) is 30.5 Å². The quantitative estimate of drug-likeness (QED) is 0.0858. The van der Waals surface area contributed by atoms with E-state index in [0.29, 0.717) is 38.3 Å². The predicted molar refractivity (Wildman–Crippen MR) is 195 cm³/mol. The molecule has 0 amide bonds. The maximum Gasteiger partial charge on any atom is 0.433 e. The molecule has 4 heterocycles. The number of allylic oxidation sites excluding steroid dienone is 1. The number of rotatable bonds is 20. The lowest BCUT2D eigenvalue weighted by atomic mass is 10.1. The molecule has 1 aliphatic rings. The minimum Gasteiger partial charge on any atom is -0.379 e. The summed E-state index contributed by atoms with van der Waals surface area (Å²) in [5, 5.41) is 3.27. The van der Waals surface area contributed by atoms with E-state index in [2.05, 4.69) is 43.6 Å². The second-order valence-electron chi connectivity index (χ2n) is 12.6. The minimum atomic E-state index is -4.66. The number of carbonyl (C=O) groups excluding carboxylic acids is 1. The van der Waals surface area contributed by atoms with Crippen molar-refractivity contribution in [3.05, 3.63) is 77.4 Å². The Balaban J connectivity index is 1.10. The highest BCUT2D eigenvalue weighted by molar-refractivity contribution is 5.78. The fraction of sp³-hybridized carbons (Fsp3) is 0.486. The summed E-state index contributed by atoms with van der Waals surface area (Å²) in [5.74, 6) is 0.310. The summed E-state index contributed by atoms with van der Waals surface area (Å²) >= 11 is 0. The Bertz CT molecular complexity index is 1820. The molecule has 0 radical (unpaired) electrons. The first-order chi connectivity index (χ1) is 25.2. The maximum absolute atomic E-state index is 13.5. The molecule has 1 fully saturated rings. The molecule has 1 aromatic carbocycles. The number of nitrogens with zero attached hydrogens (tertiary/aromatic N) is 7. The average Bonchev–Trinajstić information content (AvgIpc) is 3.41. The topological polar surface area (TPSA) is 120 Å². The maximum atomic E-state index is 13.5. The molecule has 0 aliphatic carbocycles. The first-order valence-electron chi connectivity index (χ1n) is 17.8. The van der Waals surface area contributed by atoms with Gasteiger partial charge < -0.3 is 19.7 Å². The lowest BCUT2D eigenvalue weighted by Gasteiger charge is -2.36. The Morgan fingerprint density at radius 1 is 0.942 bits per heavy atom. The monoisotopic (exact) mass is 724 g/mol. The number of hydrogen-bond acceptors (Lipinski definition) is 10. The van der Waals surface area contributed by atoms with Crippen molar-refractivity contribution in [3.63, 3.8) is 0 Å². The molecule has 0 atom stereocenters. The van der Waals surface area contributed by atoms with E-state index >= 15 is 0 Å². The van der Waals surface area contributed by atoms with E-state index in [1.165, 1.54) is 33.8 Å². The molecular formula is C37H47F3N8O4. The number of aromatic nitrogens is 5. The summed E-state index contributed by atoms with van der Waals surface area (Å²) < 4.78 is 53.8. The van der Waals surface area contributed by atoms with E-state index in [4.69, 9.17) is 9.47 Å². The molecule has 0 spiro atoms. The number of fused-ring (bicyclic) bond motifs is 1. The highest BCUT2D eigenvalue weighted by Gasteiger charge is 2.33. The molecule has 1 saturated heterocycles. The molecule has 15 heteroatoms.